The van der Waals surface area contributed by atoms with Gasteiger partial charge in [0.1, 0.15) is 6.61 Å². The summed E-state index contributed by atoms with van der Waals surface area (Å²) in [6.45, 7) is 0.147. The Morgan fingerprint density at radius 3 is 2.09 bits per heavy atom. The lowest BCUT2D eigenvalue weighted by atomic mass is 10.0. The molecule has 120 valence electrons. The number of hydrogen-bond acceptors (Lipinski definition) is 5. The normalized spacial score (nSPS) is 11.6. The fourth-order valence-electron chi connectivity index (χ4n) is 1.89. The van der Waals surface area contributed by atoms with E-state index in [1.54, 1.807) is 0 Å². The number of carboxylic acid groups (broad SMARTS) is 1. The van der Waals surface area contributed by atoms with Crippen molar-refractivity contribution in [1.29, 1.82) is 0 Å². The second-order valence-corrected chi connectivity index (χ2v) is 5.60. The number of benzene rings is 2. The van der Waals surface area contributed by atoms with Crippen molar-refractivity contribution in [2.75, 3.05) is 0 Å². The predicted octanol–water partition coefficient (Wildman–Crippen LogP) is 2.31. The van der Waals surface area contributed by atoms with Crippen molar-refractivity contribution in [3.05, 3.63) is 70.1 Å². The largest absolute Gasteiger partial charge is 0.476 e. The maximum atomic E-state index is 10.8. The quantitative estimate of drug-likeness (QED) is 0.266. The van der Waals surface area contributed by atoms with Gasteiger partial charge in [-0.3, -0.25) is 5.43 Å². The van der Waals surface area contributed by atoms with Crippen LogP contribution in [0.4, 0.5) is 0 Å². The first-order chi connectivity index (χ1) is 11.0. The maximum Gasteiger partial charge on any atom is 0.357 e. The first-order valence-electron chi connectivity index (χ1n) is 6.68. The molecule has 2 aromatic carbocycles. The molecule has 0 radical (unpaired) electrons. The Kier molecular flexibility index (Phi) is 5.61. The van der Waals surface area contributed by atoms with E-state index in [0.29, 0.717) is 0 Å². The van der Waals surface area contributed by atoms with Crippen LogP contribution in [0.1, 0.15) is 5.56 Å². The fourth-order valence-corrected chi connectivity index (χ4v) is 2.15. The second-order valence-electron chi connectivity index (χ2n) is 4.68. The highest BCUT2D eigenvalue weighted by molar-refractivity contribution is 9.10. The molecule has 7 heteroatoms. The van der Waals surface area contributed by atoms with Crippen molar-refractivity contribution in [2.24, 2.45) is 11.6 Å². The molecular weight excluding hydrogens is 362 g/mol. The summed E-state index contributed by atoms with van der Waals surface area (Å²) in [6.07, 6.45) is 0. The minimum Gasteiger partial charge on any atom is -0.476 e. The van der Waals surface area contributed by atoms with Crippen molar-refractivity contribution in [2.45, 2.75) is 6.61 Å². The van der Waals surface area contributed by atoms with Crippen LogP contribution in [0.15, 0.2) is 64.6 Å². The van der Waals surface area contributed by atoms with E-state index in [1.165, 1.54) is 0 Å². The highest BCUT2D eigenvalue weighted by Crippen LogP contribution is 2.22. The molecule has 0 aliphatic rings. The first kappa shape index (κ1) is 16.9. The summed E-state index contributed by atoms with van der Waals surface area (Å²) in [5.74, 6) is 3.73. The molecule has 0 aliphatic heterocycles. The van der Waals surface area contributed by atoms with Gasteiger partial charge in [0.15, 0.2) is 5.70 Å². The van der Waals surface area contributed by atoms with Gasteiger partial charge in [0.2, 0.25) is 5.88 Å². The van der Waals surface area contributed by atoms with Gasteiger partial charge in [0.25, 0.3) is 0 Å². The Labute approximate surface area is 141 Å². The number of carbonyl (C=O) groups is 1. The molecule has 2 rings (SSSR count). The molecule has 0 heterocycles. The summed E-state index contributed by atoms with van der Waals surface area (Å²) in [7, 11) is 0. The van der Waals surface area contributed by atoms with E-state index in [2.05, 4.69) is 21.4 Å². The van der Waals surface area contributed by atoms with Crippen LogP contribution in [0, 0.1) is 0 Å². The summed E-state index contributed by atoms with van der Waals surface area (Å²) < 4.78 is 6.32. The number of rotatable bonds is 6. The highest BCUT2D eigenvalue weighted by atomic mass is 79.9. The molecule has 2 aromatic rings. The van der Waals surface area contributed by atoms with Crippen molar-refractivity contribution in [3.63, 3.8) is 0 Å². The van der Waals surface area contributed by atoms with Gasteiger partial charge in [-0.05, 0) is 28.8 Å². The van der Waals surface area contributed by atoms with E-state index in [9.17, 15) is 4.79 Å². The lowest BCUT2D eigenvalue weighted by Crippen LogP contribution is -2.29. The molecule has 0 saturated carbocycles. The van der Waals surface area contributed by atoms with E-state index >= 15 is 0 Å². The zero-order valence-electron chi connectivity index (χ0n) is 12.1. The molecular formula is C16H16BrN3O3. The molecule has 0 unspecified atom stereocenters. The Hall–Kier alpha value is -2.51. The van der Waals surface area contributed by atoms with Crippen LogP contribution < -0.4 is 17.0 Å². The van der Waals surface area contributed by atoms with E-state index in [0.717, 1.165) is 21.2 Å². The molecule has 6 N–H and O–H groups in total. The van der Waals surface area contributed by atoms with Gasteiger partial charge in [-0.15, -0.1) is 0 Å². The van der Waals surface area contributed by atoms with Gasteiger partial charge in [-0.25, -0.2) is 10.6 Å². The monoisotopic (exact) mass is 377 g/mol. The first-order valence-corrected chi connectivity index (χ1v) is 7.48. The minimum absolute atomic E-state index is 0.147. The third-order valence-electron chi connectivity index (χ3n) is 3.12. The van der Waals surface area contributed by atoms with E-state index in [4.69, 9.17) is 21.4 Å². The summed E-state index contributed by atoms with van der Waals surface area (Å²) >= 11 is 3.40. The molecule has 0 fully saturated rings. The van der Waals surface area contributed by atoms with Crippen LogP contribution in [0.3, 0.4) is 0 Å². The van der Waals surface area contributed by atoms with Crippen molar-refractivity contribution in [3.8, 4) is 11.1 Å². The maximum absolute atomic E-state index is 10.8. The minimum atomic E-state index is -1.30. The standard InChI is InChI=1S/C16H16BrN3O3/c17-13-7-5-12(6-8-13)11-3-1-10(2-4-11)9-23-15(20-19)14(18)16(21)22/h1-8,20H,9,18-19H2,(H,21,22)/b15-14+. The van der Waals surface area contributed by atoms with E-state index < -0.39 is 11.7 Å². The van der Waals surface area contributed by atoms with E-state index in [1.807, 2.05) is 48.5 Å². The predicted molar refractivity (Wildman–Crippen MR) is 90.5 cm³/mol. The van der Waals surface area contributed by atoms with Crippen LogP contribution in [-0.4, -0.2) is 11.1 Å². The zero-order valence-corrected chi connectivity index (χ0v) is 13.7. The van der Waals surface area contributed by atoms with Crippen molar-refractivity contribution < 1.29 is 14.6 Å². The number of halogens is 1. The number of hydrazine groups is 1. The molecule has 0 saturated heterocycles. The van der Waals surface area contributed by atoms with Crippen LogP contribution in [0.25, 0.3) is 11.1 Å². The summed E-state index contributed by atoms with van der Waals surface area (Å²) in [6, 6.07) is 15.7. The summed E-state index contributed by atoms with van der Waals surface area (Å²) in [5.41, 5.74) is 10.1. The van der Waals surface area contributed by atoms with Gasteiger partial charge in [-0.2, -0.15) is 0 Å². The third kappa shape index (κ3) is 4.48. The fraction of sp³-hybridized carbons (Fsp3) is 0.0625. The van der Waals surface area contributed by atoms with Gasteiger partial charge in [0, 0.05) is 4.47 Å². The number of ether oxygens (including phenoxy) is 1. The van der Waals surface area contributed by atoms with Gasteiger partial charge in [0.05, 0.1) is 0 Å². The second kappa shape index (κ2) is 7.66. The summed E-state index contributed by atoms with van der Waals surface area (Å²) in [4.78, 5) is 10.8. The van der Waals surface area contributed by atoms with Crippen LogP contribution in [-0.2, 0) is 16.1 Å². The van der Waals surface area contributed by atoms with Crippen molar-refractivity contribution >= 4 is 21.9 Å². The van der Waals surface area contributed by atoms with E-state index in [-0.39, 0.29) is 12.5 Å². The van der Waals surface area contributed by atoms with Crippen LogP contribution in [0.2, 0.25) is 0 Å². The van der Waals surface area contributed by atoms with Gasteiger partial charge >= 0.3 is 5.97 Å². The molecule has 0 amide bonds. The third-order valence-corrected chi connectivity index (χ3v) is 3.65. The molecule has 0 atom stereocenters. The van der Waals surface area contributed by atoms with Gasteiger partial charge in [-0.1, -0.05) is 52.3 Å². The molecule has 23 heavy (non-hydrogen) atoms. The lowest BCUT2D eigenvalue weighted by Gasteiger charge is -2.11. The molecule has 0 bridgehead atoms. The van der Waals surface area contributed by atoms with Crippen LogP contribution in [0.5, 0.6) is 0 Å². The van der Waals surface area contributed by atoms with Crippen molar-refractivity contribution in [1.82, 2.24) is 5.43 Å². The summed E-state index contributed by atoms with van der Waals surface area (Å²) in [5, 5.41) is 8.80. The lowest BCUT2D eigenvalue weighted by molar-refractivity contribution is -0.133. The zero-order chi connectivity index (χ0) is 16.8. The Morgan fingerprint density at radius 1 is 1.09 bits per heavy atom. The molecule has 0 aliphatic carbocycles. The van der Waals surface area contributed by atoms with Gasteiger partial charge < -0.3 is 15.6 Å². The smallest absolute Gasteiger partial charge is 0.357 e. The molecule has 0 aromatic heterocycles. The average Bonchev–Trinajstić information content (AvgIpc) is 2.56. The number of aliphatic carboxylic acids is 1. The SMILES string of the molecule is NN/C(OCc1ccc(-c2ccc(Br)cc2)cc1)=C(\N)C(=O)O. The van der Waals surface area contributed by atoms with Crippen LogP contribution >= 0.6 is 15.9 Å². The number of nitrogens with one attached hydrogen (secondary N) is 1. The molecule has 6 nitrogen and oxygen atoms in total. The number of nitrogens with two attached hydrogens (primary N) is 2. The Morgan fingerprint density at radius 2 is 1.61 bits per heavy atom. The number of hydrogen-bond donors (Lipinski definition) is 4. The Balaban J connectivity index is 2.07. The topological polar surface area (TPSA) is 111 Å². The molecule has 0 spiro atoms. The Bertz CT molecular complexity index is 712. The number of carboxylic acids is 1. The highest BCUT2D eigenvalue weighted by Gasteiger charge is 2.11. The average molecular weight is 378 g/mol.